The van der Waals surface area contributed by atoms with Crippen LogP contribution in [0.1, 0.15) is 20.8 Å². The molecule has 7 nitrogen and oxygen atoms in total. The van der Waals surface area contributed by atoms with E-state index in [1.807, 2.05) is 39.0 Å². The summed E-state index contributed by atoms with van der Waals surface area (Å²) < 4.78 is 44.8. The van der Waals surface area contributed by atoms with Crippen molar-refractivity contribution in [3.63, 3.8) is 0 Å². The summed E-state index contributed by atoms with van der Waals surface area (Å²) in [5.41, 5.74) is 1.17. The van der Waals surface area contributed by atoms with Crippen molar-refractivity contribution in [2.45, 2.75) is 36.2 Å². The van der Waals surface area contributed by atoms with Crippen molar-refractivity contribution < 1.29 is 22.3 Å². The number of benzene rings is 2. The molecule has 35 heavy (non-hydrogen) atoms. The first-order valence-corrected chi connectivity index (χ1v) is 13.1. The predicted molar refractivity (Wildman–Crippen MR) is 131 cm³/mol. The molecule has 0 bridgehead atoms. The van der Waals surface area contributed by atoms with Gasteiger partial charge in [0.25, 0.3) is 0 Å². The molecule has 2 aromatic carbocycles. The number of carbonyl (C=O) groups excluding carboxylic acids is 1. The van der Waals surface area contributed by atoms with Crippen LogP contribution in [-0.4, -0.2) is 56.2 Å². The van der Waals surface area contributed by atoms with Crippen LogP contribution in [0.2, 0.25) is 0 Å². The lowest BCUT2D eigenvalue weighted by Crippen LogP contribution is -2.37. The highest BCUT2D eigenvalue weighted by Gasteiger charge is 2.43. The van der Waals surface area contributed by atoms with Gasteiger partial charge in [-0.15, -0.1) is 0 Å². The number of para-hydroxylation sites is 1. The van der Waals surface area contributed by atoms with Gasteiger partial charge in [-0.3, -0.25) is 4.98 Å². The maximum absolute atomic E-state index is 13.3. The number of hydrogen-bond donors (Lipinski definition) is 0. The fraction of sp³-hybridized carbons (Fsp3) is 0.385. The summed E-state index contributed by atoms with van der Waals surface area (Å²) in [6.07, 6.45) is 1.10. The molecule has 0 spiro atoms. The van der Waals surface area contributed by atoms with Gasteiger partial charge in [0.05, 0.1) is 21.0 Å². The minimum absolute atomic E-state index is 0.0260. The van der Waals surface area contributed by atoms with Crippen LogP contribution < -0.4 is 4.90 Å². The number of anilines is 1. The fourth-order valence-electron chi connectivity index (χ4n) is 4.94. The third-order valence-corrected chi connectivity index (χ3v) is 8.31. The monoisotopic (exact) mass is 497 g/mol. The van der Waals surface area contributed by atoms with Crippen molar-refractivity contribution in [2.75, 3.05) is 31.1 Å². The molecule has 184 valence electrons. The van der Waals surface area contributed by atoms with E-state index in [0.717, 1.165) is 41.8 Å². The Hall–Kier alpha value is -3.20. The molecule has 1 amide bonds. The van der Waals surface area contributed by atoms with E-state index in [4.69, 9.17) is 4.74 Å². The molecular weight excluding hydrogens is 469 g/mol. The molecule has 2 aliphatic heterocycles. The third-order valence-electron chi connectivity index (χ3n) is 6.58. The van der Waals surface area contributed by atoms with E-state index in [0.29, 0.717) is 24.9 Å². The lowest BCUT2D eigenvalue weighted by atomic mass is 10.0. The number of carbonyl (C=O) groups is 1. The highest BCUT2D eigenvalue weighted by Crippen LogP contribution is 2.37. The van der Waals surface area contributed by atoms with Gasteiger partial charge in [-0.05, 0) is 57.2 Å². The third kappa shape index (κ3) is 4.57. The number of ether oxygens (including phenoxy) is 1. The quantitative estimate of drug-likeness (QED) is 0.496. The molecule has 2 atom stereocenters. The number of fused-ring (bicyclic) bond motifs is 2. The zero-order valence-corrected chi connectivity index (χ0v) is 20.8. The summed E-state index contributed by atoms with van der Waals surface area (Å²) in [5.74, 6) is 0.196. The Labute approximate surface area is 204 Å². The van der Waals surface area contributed by atoms with E-state index < -0.39 is 21.3 Å². The molecule has 5 rings (SSSR count). The summed E-state index contributed by atoms with van der Waals surface area (Å²) in [7, 11) is -3.81. The van der Waals surface area contributed by atoms with Crippen molar-refractivity contribution >= 4 is 32.5 Å². The topological polar surface area (TPSA) is 79.8 Å². The summed E-state index contributed by atoms with van der Waals surface area (Å²) >= 11 is 0. The summed E-state index contributed by atoms with van der Waals surface area (Å²) in [6, 6.07) is 12.1. The van der Waals surface area contributed by atoms with E-state index in [2.05, 4.69) is 9.88 Å². The predicted octanol–water partition coefficient (Wildman–Crippen LogP) is 4.51. The second-order valence-electron chi connectivity index (χ2n) is 10.3. The van der Waals surface area contributed by atoms with Gasteiger partial charge >= 0.3 is 6.09 Å². The van der Waals surface area contributed by atoms with Crippen LogP contribution in [-0.2, 0) is 14.6 Å². The van der Waals surface area contributed by atoms with Crippen LogP contribution in [0.4, 0.5) is 14.9 Å². The fourth-order valence-corrected chi connectivity index (χ4v) is 6.18. The molecule has 1 aromatic heterocycles. The Kier molecular flexibility index (Phi) is 5.70. The maximum atomic E-state index is 13.3. The van der Waals surface area contributed by atoms with Gasteiger partial charge in [0.2, 0.25) is 9.84 Å². The number of likely N-dealkylation sites (tertiary alicyclic amines) is 1. The number of nitrogens with zero attached hydrogens (tertiary/aromatic N) is 3. The normalized spacial score (nSPS) is 20.3. The molecular formula is C26H28FN3O4S. The SMILES string of the molecule is CC(C)(C)OC(=O)N1CC2CN(c3cccc4cc(S(=O)(=O)c5ccc(F)cc5)cnc34)CC2C1. The summed E-state index contributed by atoms with van der Waals surface area (Å²) in [4.78, 5) is 21.2. The lowest BCUT2D eigenvalue weighted by molar-refractivity contribution is 0.0282. The Morgan fingerprint density at radius 2 is 1.66 bits per heavy atom. The van der Waals surface area contributed by atoms with Gasteiger partial charge in [-0.2, -0.15) is 0 Å². The largest absolute Gasteiger partial charge is 0.444 e. The van der Waals surface area contributed by atoms with Gasteiger partial charge < -0.3 is 14.5 Å². The van der Waals surface area contributed by atoms with Gasteiger partial charge in [0.1, 0.15) is 11.4 Å². The zero-order chi connectivity index (χ0) is 25.0. The number of sulfone groups is 1. The molecule has 0 N–H and O–H groups in total. The van der Waals surface area contributed by atoms with Crippen molar-refractivity contribution in [3.8, 4) is 0 Å². The summed E-state index contributed by atoms with van der Waals surface area (Å²) in [6.45, 7) is 8.51. The Morgan fingerprint density at radius 1 is 1.00 bits per heavy atom. The minimum atomic E-state index is -3.81. The molecule has 2 unspecified atom stereocenters. The van der Waals surface area contributed by atoms with Crippen molar-refractivity contribution in [3.05, 3.63) is 60.5 Å². The van der Waals surface area contributed by atoms with Crippen LogP contribution in [0.25, 0.3) is 10.9 Å². The van der Waals surface area contributed by atoms with E-state index in [1.165, 1.54) is 18.3 Å². The van der Waals surface area contributed by atoms with Gasteiger partial charge in [0, 0.05) is 49.6 Å². The second-order valence-corrected chi connectivity index (χ2v) is 12.2. The van der Waals surface area contributed by atoms with Crippen LogP contribution in [0, 0.1) is 17.7 Å². The van der Waals surface area contributed by atoms with Crippen LogP contribution >= 0.6 is 0 Å². The summed E-state index contributed by atoms with van der Waals surface area (Å²) in [5, 5.41) is 0.720. The number of halogens is 1. The van der Waals surface area contributed by atoms with E-state index >= 15 is 0 Å². The lowest BCUT2D eigenvalue weighted by Gasteiger charge is -2.26. The van der Waals surface area contributed by atoms with Crippen LogP contribution in [0.5, 0.6) is 0 Å². The Balaban J connectivity index is 1.36. The molecule has 0 aliphatic carbocycles. The Morgan fingerprint density at radius 3 is 2.29 bits per heavy atom. The van der Waals surface area contributed by atoms with E-state index in [-0.39, 0.29) is 15.9 Å². The second kappa shape index (κ2) is 8.48. The smallest absolute Gasteiger partial charge is 0.410 e. The molecule has 9 heteroatoms. The van der Waals surface area contributed by atoms with Crippen molar-refractivity contribution in [1.29, 1.82) is 0 Å². The molecule has 2 aliphatic rings. The average Bonchev–Trinajstić information content (AvgIpc) is 3.37. The molecule has 3 heterocycles. The highest BCUT2D eigenvalue weighted by atomic mass is 32.2. The average molecular weight is 498 g/mol. The molecule has 2 saturated heterocycles. The maximum Gasteiger partial charge on any atom is 0.410 e. The first-order chi connectivity index (χ1) is 16.5. The number of aromatic nitrogens is 1. The number of rotatable bonds is 3. The standard InChI is InChI=1S/C26H28FN3O4S/c1-26(2,3)34-25(31)30-15-18-13-29(14-19(18)16-30)23-6-4-5-17-11-22(12-28-24(17)23)35(32,33)21-9-7-20(27)8-10-21/h4-12,18-19H,13-16H2,1-3H3. The number of pyridine rings is 1. The van der Waals surface area contributed by atoms with E-state index in [9.17, 15) is 17.6 Å². The number of hydrogen-bond acceptors (Lipinski definition) is 6. The zero-order valence-electron chi connectivity index (χ0n) is 19.9. The van der Waals surface area contributed by atoms with Crippen molar-refractivity contribution in [2.24, 2.45) is 11.8 Å². The minimum Gasteiger partial charge on any atom is -0.444 e. The van der Waals surface area contributed by atoms with Gasteiger partial charge in [-0.25, -0.2) is 17.6 Å². The molecule has 2 fully saturated rings. The first-order valence-electron chi connectivity index (χ1n) is 11.6. The van der Waals surface area contributed by atoms with E-state index in [1.54, 1.807) is 11.0 Å². The number of amides is 1. The first kappa shape index (κ1) is 23.5. The van der Waals surface area contributed by atoms with Crippen LogP contribution in [0.15, 0.2) is 64.5 Å². The highest BCUT2D eigenvalue weighted by molar-refractivity contribution is 7.91. The van der Waals surface area contributed by atoms with Crippen LogP contribution in [0.3, 0.4) is 0 Å². The van der Waals surface area contributed by atoms with Crippen molar-refractivity contribution in [1.82, 2.24) is 9.88 Å². The molecule has 3 aromatic rings. The van der Waals surface area contributed by atoms with Gasteiger partial charge in [-0.1, -0.05) is 12.1 Å². The Bertz CT molecular complexity index is 1370. The molecule has 0 radical (unpaired) electrons. The molecule has 0 saturated carbocycles. The van der Waals surface area contributed by atoms with Gasteiger partial charge in [0.15, 0.2) is 0 Å².